The maximum absolute atomic E-state index is 12.1. The molecular formula is C20H23NO4. The van der Waals surface area contributed by atoms with Gasteiger partial charge >= 0.3 is 5.97 Å². The van der Waals surface area contributed by atoms with E-state index in [0.29, 0.717) is 37.7 Å². The second-order valence-corrected chi connectivity index (χ2v) is 5.90. The molecular weight excluding hydrogens is 318 g/mol. The molecule has 5 heteroatoms. The van der Waals surface area contributed by atoms with E-state index in [4.69, 9.17) is 14.2 Å². The highest BCUT2D eigenvalue weighted by Gasteiger charge is 2.29. The van der Waals surface area contributed by atoms with E-state index >= 15 is 0 Å². The fraction of sp³-hybridized carbons (Fsp3) is 0.350. The van der Waals surface area contributed by atoms with Gasteiger partial charge in [-0.15, -0.1) is 0 Å². The number of methoxy groups -OCH3 is 1. The summed E-state index contributed by atoms with van der Waals surface area (Å²) in [6, 6.07) is 13.5. The number of benzene rings is 2. The Balaban J connectivity index is 1.85. The van der Waals surface area contributed by atoms with Crippen molar-refractivity contribution in [2.75, 3.05) is 13.7 Å². The van der Waals surface area contributed by atoms with Gasteiger partial charge in [0.25, 0.3) is 0 Å². The summed E-state index contributed by atoms with van der Waals surface area (Å²) >= 11 is 0. The molecule has 2 aromatic carbocycles. The molecule has 1 aliphatic rings. The van der Waals surface area contributed by atoms with Crippen LogP contribution in [0, 0.1) is 0 Å². The van der Waals surface area contributed by atoms with E-state index in [1.165, 1.54) is 0 Å². The molecule has 0 unspecified atom stereocenters. The van der Waals surface area contributed by atoms with Crippen LogP contribution in [0.2, 0.25) is 0 Å². The van der Waals surface area contributed by atoms with Gasteiger partial charge in [-0.25, -0.2) is 0 Å². The van der Waals surface area contributed by atoms with Crippen LogP contribution in [0.15, 0.2) is 42.5 Å². The molecule has 0 bridgehead atoms. The van der Waals surface area contributed by atoms with Gasteiger partial charge in [0.05, 0.1) is 13.7 Å². The standard InChI is InChI=1S/C20H23NO4/c1-3-24-20(22)17-11-16-15(12-21-17)9-10-18(23-2)19(16)25-13-14-7-5-4-6-8-14/h4-10,17,21H,3,11-13H2,1-2H3/t17-/m0/s1. The Bertz CT molecular complexity index is 730. The lowest BCUT2D eigenvalue weighted by Gasteiger charge is -2.27. The minimum atomic E-state index is -0.362. The van der Waals surface area contributed by atoms with Crippen molar-refractivity contribution in [3.63, 3.8) is 0 Å². The van der Waals surface area contributed by atoms with E-state index in [-0.39, 0.29) is 12.0 Å². The molecule has 1 N–H and O–H groups in total. The average Bonchev–Trinajstić information content (AvgIpc) is 2.66. The van der Waals surface area contributed by atoms with Gasteiger partial charge in [-0.1, -0.05) is 36.4 Å². The molecule has 3 rings (SSSR count). The first kappa shape index (κ1) is 17.3. The lowest BCUT2D eigenvalue weighted by Crippen LogP contribution is -2.42. The van der Waals surface area contributed by atoms with Gasteiger partial charge < -0.3 is 19.5 Å². The molecule has 0 aromatic heterocycles. The first-order valence-corrected chi connectivity index (χ1v) is 8.48. The van der Waals surface area contributed by atoms with E-state index in [1.54, 1.807) is 7.11 Å². The number of esters is 1. The third-order valence-electron chi connectivity index (χ3n) is 4.29. The van der Waals surface area contributed by atoms with Crippen LogP contribution in [0.25, 0.3) is 0 Å². The van der Waals surface area contributed by atoms with Gasteiger partial charge in [0.1, 0.15) is 12.6 Å². The molecule has 0 saturated heterocycles. The summed E-state index contributed by atoms with van der Waals surface area (Å²) in [5.41, 5.74) is 3.20. The number of nitrogens with one attached hydrogen (secondary N) is 1. The van der Waals surface area contributed by atoms with Crippen LogP contribution in [0.4, 0.5) is 0 Å². The Labute approximate surface area is 147 Å². The second-order valence-electron chi connectivity index (χ2n) is 5.90. The van der Waals surface area contributed by atoms with Crippen LogP contribution in [0.1, 0.15) is 23.6 Å². The van der Waals surface area contributed by atoms with E-state index in [1.807, 2.05) is 49.4 Å². The summed E-state index contributed by atoms with van der Waals surface area (Å²) < 4.78 is 16.7. The largest absolute Gasteiger partial charge is 0.493 e. The molecule has 0 amide bonds. The van der Waals surface area contributed by atoms with Gasteiger partial charge in [0.15, 0.2) is 11.5 Å². The Morgan fingerprint density at radius 2 is 2.00 bits per heavy atom. The molecule has 5 nitrogen and oxygen atoms in total. The lowest BCUT2D eigenvalue weighted by molar-refractivity contribution is -0.145. The summed E-state index contributed by atoms with van der Waals surface area (Å²) in [5.74, 6) is 1.16. The van der Waals surface area contributed by atoms with Crippen molar-refractivity contribution in [2.24, 2.45) is 0 Å². The maximum Gasteiger partial charge on any atom is 0.323 e. The smallest absolute Gasteiger partial charge is 0.323 e. The lowest BCUT2D eigenvalue weighted by atomic mass is 9.94. The van der Waals surface area contributed by atoms with Gasteiger partial charge in [0.2, 0.25) is 0 Å². The van der Waals surface area contributed by atoms with Gasteiger partial charge in [-0.2, -0.15) is 0 Å². The van der Waals surface area contributed by atoms with Gasteiger partial charge in [-0.3, -0.25) is 4.79 Å². The third-order valence-corrected chi connectivity index (χ3v) is 4.29. The normalized spacial score (nSPS) is 16.0. The number of rotatable bonds is 6. The summed E-state index contributed by atoms with van der Waals surface area (Å²) in [6.45, 7) is 3.24. The zero-order chi connectivity index (χ0) is 17.6. The average molecular weight is 341 g/mol. The minimum Gasteiger partial charge on any atom is -0.493 e. The van der Waals surface area contributed by atoms with E-state index in [2.05, 4.69) is 5.32 Å². The van der Waals surface area contributed by atoms with Crippen molar-refractivity contribution in [1.29, 1.82) is 0 Å². The zero-order valence-electron chi connectivity index (χ0n) is 14.6. The zero-order valence-corrected chi connectivity index (χ0v) is 14.6. The summed E-state index contributed by atoms with van der Waals surface area (Å²) in [7, 11) is 1.63. The number of hydrogen-bond donors (Lipinski definition) is 1. The van der Waals surface area contributed by atoms with Crippen LogP contribution < -0.4 is 14.8 Å². The van der Waals surface area contributed by atoms with Crippen LogP contribution in [0.5, 0.6) is 11.5 Å². The predicted octanol–water partition coefficient (Wildman–Crippen LogP) is 2.85. The van der Waals surface area contributed by atoms with Crippen LogP contribution >= 0.6 is 0 Å². The first-order chi connectivity index (χ1) is 12.2. The Morgan fingerprint density at radius 3 is 2.72 bits per heavy atom. The molecule has 2 aromatic rings. The van der Waals surface area contributed by atoms with E-state index in [0.717, 1.165) is 16.7 Å². The molecule has 0 fully saturated rings. The monoisotopic (exact) mass is 341 g/mol. The molecule has 0 radical (unpaired) electrons. The number of carbonyl (C=O) groups excluding carboxylic acids is 1. The van der Waals surface area contributed by atoms with Crippen molar-refractivity contribution < 1.29 is 19.0 Å². The van der Waals surface area contributed by atoms with Crippen LogP contribution in [-0.4, -0.2) is 25.7 Å². The molecule has 1 heterocycles. The molecule has 0 spiro atoms. The molecule has 0 saturated carbocycles. The topological polar surface area (TPSA) is 56.8 Å². The Kier molecular flexibility index (Phi) is 5.56. The van der Waals surface area contributed by atoms with Crippen molar-refractivity contribution in [3.8, 4) is 11.5 Å². The predicted molar refractivity (Wildman–Crippen MR) is 94.7 cm³/mol. The van der Waals surface area contributed by atoms with Crippen molar-refractivity contribution in [3.05, 3.63) is 59.2 Å². The van der Waals surface area contributed by atoms with Crippen molar-refractivity contribution in [1.82, 2.24) is 5.32 Å². The molecule has 0 aliphatic carbocycles. The van der Waals surface area contributed by atoms with E-state index < -0.39 is 0 Å². The highest BCUT2D eigenvalue weighted by Crippen LogP contribution is 2.37. The Hall–Kier alpha value is -2.53. The summed E-state index contributed by atoms with van der Waals surface area (Å²) in [6.07, 6.45) is 0.523. The number of ether oxygens (including phenoxy) is 3. The molecule has 1 aliphatic heterocycles. The number of fused-ring (bicyclic) bond motifs is 1. The summed E-state index contributed by atoms with van der Waals surface area (Å²) in [5, 5.41) is 3.23. The molecule has 25 heavy (non-hydrogen) atoms. The van der Waals surface area contributed by atoms with Crippen molar-refractivity contribution in [2.45, 2.75) is 32.5 Å². The van der Waals surface area contributed by atoms with E-state index in [9.17, 15) is 4.79 Å². The fourth-order valence-corrected chi connectivity index (χ4v) is 3.00. The van der Waals surface area contributed by atoms with Gasteiger partial charge in [-0.05, 0) is 24.1 Å². The van der Waals surface area contributed by atoms with Gasteiger partial charge in [0, 0.05) is 18.5 Å². The first-order valence-electron chi connectivity index (χ1n) is 8.48. The number of hydrogen-bond acceptors (Lipinski definition) is 5. The molecule has 1 atom stereocenters. The summed E-state index contributed by atoms with van der Waals surface area (Å²) in [4.78, 5) is 12.1. The number of carbonyl (C=O) groups is 1. The van der Waals surface area contributed by atoms with Crippen LogP contribution in [0.3, 0.4) is 0 Å². The SMILES string of the molecule is CCOC(=O)[C@@H]1Cc2c(ccc(OC)c2OCc2ccccc2)CN1. The quantitative estimate of drug-likeness (QED) is 0.819. The third kappa shape index (κ3) is 3.94. The Morgan fingerprint density at radius 1 is 1.20 bits per heavy atom. The molecule has 132 valence electrons. The van der Waals surface area contributed by atoms with Crippen LogP contribution in [-0.2, 0) is 29.1 Å². The maximum atomic E-state index is 12.1. The highest BCUT2D eigenvalue weighted by molar-refractivity contribution is 5.77. The highest BCUT2D eigenvalue weighted by atomic mass is 16.5. The van der Waals surface area contributed by atoms with Crippen molar-refractivity contribution >= 4 is 5.97 Å². The second kappa shape index (κ2) is 8.03. The minimum absolute atomic E-state index is 0.232. The fourth-order valence-electron chi connectivity index (χ4n) is 3.00.